The molecule has 1 aliphatic rings. The molecule has 3 aromatic rings. The lowest BCUT2D eigenvalue weighted by molar-refractivity contribution is -0.326. The molecular weight excluding hydrogens is 388 g/mol. The number of phenols is 1. The van der Waals surface area contributed by atoms with Gasteiger partial charge in [0.15, 0.2) is 0 Å². The number of fused-ring (bicyclic) bond motifs is 4. The Morgan fingerprint density at radius 1 is 1.27 bits per heavy atom. The molecule has 1 atom stereocenters. The van der Waals surface area contributed by atoms with E-state index < -0.39 is 23.7 Å². The maximum atomic E-state index is 13.1. The Morgan fingerprint density at radius 3 is 2.60 bits per heavy atom. The van der Waals surface area contributed by atoms with Gasteiger partial charge in [0.25, 0.3) is 5.56 Å². The van der Waals surface area contributed by atoms with E-state index in [-0.39, 0.29) is 29.8 Å². The van der Waals surface area contributed by atoms with E-state index in [1.54, 1.807) is 12.1 Å². The quantitative estimate of drug-likeness (QED) is 0.437. The minimum absolute atomic E-state index is 0.110. The van der Waals surface area contributed by atoms with Crippen LogP contribution in [0, 0.1) is 0 Å². The van der Waals surface area contributed by atoms with E-state index in [2.05, 4.69) is 4.98 Å². The molecular formula is C22H21N2O6-. The summed E-state index contributed by atoms with van der Waals surface area (Å²) in [6.07, 6.45) is 0.397. The molecule has 30 heavy (non-hydrogen) atoms. The van der Waals surface area contributed by atoms with Crippen molar-refractivity contribution in [1.29, 1.82) is 0 Å². The molecule has 4 rings (SSSR count). The topological polar surface area (TPSA) is 136 Å². The average Bonchev–Trinajstić information content (AvgIpc) is 3.09. The number of carboxylic acids is 1. The van der Waals surface area contributed by atoms with Crippen LogP contribution in [0.2, 0.25) is 0 Å². The zero-order chi connectivity index (χ0) is 21.8. The smallest absolute Gasteiger partial charge is 0.257 e. The number of pyridine rings is 2. The number of aromatic hydroxyl groups is 1. The lowest BCUT2D eigenvalue weighted by atomic mass is 9.87. The van der Waals surface area contributed by atoms with Gasteiger partial charge in [0, 0.05) is 22.1 Å². The van der Waals surface area contributed by atoms with Gasteiger partial charge in [-0.2, -0.15) is 0 Å². The highest BCUT2D eigenvalue weighted by molar-refractivity contribution is 5.89. The highest BCUT2D eigenvalue weighted by atomic mass is 16.4. The van der Waals surface area contributed by atoms with Crippen LogP contribution in [0.5, 0.6) is 5.75 Å². The van der Waals surface area contributed by atoms with Gasteiger partial charge in [0.05, 0.1) is 36.0 Å². The van der Waals surface area contributed by atoms with Crippen LogP contribution in [-0.4, -0.2) is 30.8 Å². The molecule has 0 aliphatic carbocycles. The van der Waals surface area contributed by atoms with E-state index in [1.807, 2.05) is 6.92 Å². The summed E-state index contributed by atoms with van der Waals surface area (Å²) >= 11 is 0. The predicted octanol–water partition coefficient (Wildman–Crippen LogP) is 0.533. The van der Waals surface area contributed by atoms with Crippen molar-refractivity contribution < 1.29 is 25.2 Å². The van der Waals surface area contributed by atoms with E-state index in [0.717, 1.165) is 16.5 Å². The molecule has 0 fully saturated rings. The molecule has 8 nitrogen and oxygen atoms in total. The third kappa shape index (κ3) is 2.64. The lowest BCUT2D eigenvalue weighted by Crippen LogP contribution is -2.47. The summed E-state index contributed by atoms with van der Waals surface area (Å²) in [6, 6.07) is 6.24. The molecule has 156 valence electrons. The van der Waals surface area contributed by atoms with Crippen LogP contribution in [-0.2, 0) is 30.0 Å². The number of aliphatic carboxylic acids is 1. The maximum Gasteiger partial charge on any atom is 0.257 e. The fourth-order valence-corrected chi connectivity index (χ4v) is 4.31. The van der Waals surface area contributed by atoms with Crippen molar-refractivity contribution >= 4 is 16.9 Å². The highest BCUT2D eigenvalue weighted by Gasteiger charge is 2.36. The Kier molecular flexibility index (Phi) is 4.63. The Balaban J connectivity index is 2.08. The third-order valence-corrected chi connectivity index (χ3v) is 5.95. The molecule has 0 saturated heterocycles. The average molecular weight is 409 g/mol. The fourth-order valence-electron chi connectivity index (χ4n) is 4.31. The van der Waals surface area contributed by atoms with Gasteiger partial charge in [-0.15, -0.1) is 0 Å². The number of nitrogens with zero attached hydrogens (tertiary/aromatic N) is 2. The first kappa shape index (κ1) is 20.1. The van der Waals surface area contributed by atoms with Gasteiger partial charge >= 0.3 is 0 Å². The van der Waals surface area contributed by atoms with Gasteiger partial charge in [-0.25, -0.2) is 4.98 Å². The van der Waals surface area contributed by atoms with Crippen LogP contribution in [0.25, 0.3) is 22.3 Å². The number of hydrogen-bond donors (Lipinski definition) is 3. The number of carbonyl (C=O) groups excluding carboxylic acids is 1. The second-order valence-corrected chi connectivity index (χ2v) is 7.45. The van der Waals surface area contributed by atoms with Crippen molar-refractivity contribution in [3.8, 4) is 17.1 Å². The third-order valence-electron chi connectivity index (χ3n) is 5.95. The number of aliphatic hydroxyl groups excluding tert-OH is 1. The molecule has 3 N–H and O–H groups in total. The SMILES string of the molecule is CCc1c2c(nc3ccc(O)cc13)-c1cc(C(O)(CC)C(=O)[O-])c(CO)c(=O)n1C2. The summed E-state index contributed by atoms with van der Waals surface area (Å²) in [7, 11) is 0. The van der Waals surface area contributed by atoms with Crippen LogP contribution in [0.4, 0.5) is 0 Å². The molecule has 1 aromatic carbocycles. The fraction of sp³-hybridized carbons (Fsp3) is 0.318. The normalized spacial score (nSPS) is 14.4. The van der Waals surface area contributed by atoms with Gasteiger partial charge in [0.2, 0.25) is 0 Å². The van der Waals surface area contributed by atoms with Gasteiger partial charge < -0.3 is 29.8 Å². The van der Waals surface area contributed by atoms with Crippen LogP contribution < -0.4 is 10.7 Å². The highest BCUT2D eigenvalue weighted by Crippen LogP contribution is 2.39. The van der Waals surface area contributed by atoms with Gasteiger partial charge in [-0.05, 0) is 42.7 Å². The minimum atomic E-state index is -2.41. The molecule has 1 aliphatic heterocycles. The number of hydrogen-bond acceptors (Lipinski definition) is 7. The second kappa shape index (κ2) is 6.93. The Hall–Kier alpha value is -3.23. The number of aromatic nitrogens is 2. The van der Waals surface area contributed by atoms with E-state index in [1.165, 1.54) is 23.6 Å². The number of carboxylic acid groups (broad SMARTS) is 1. The number of aryl methyl sites for hydroxylation is 1. The lowest BCUT2D eigenvalue weighted by Gasteiger charge is -2.30. The molecule has 0 radical (unpaired) electrons. The predicted molar refractivity (Wildman–Crippen MR) is 107 cm³/mol. The number of benzene rings is 1. The molecule has 0 spiro atoms. The molecule has 8 heteroatoms. The van der Waals surface area contributed by atoms with Crippen LogP contribution in [0.3, 0.4) is 0 Å². The molecule has 0 saturated carbocycles. The first-order valence-corrected chi connectivity index (χ1v) is 9.73. The molecule has 0 bridgehead atoms. The van der Waals surface area contributed by atoms with Crippen molar-refractivity contribution in [2.24, 2.45) is 0 Å². The molecule has 2 aromatic heterocycles. The number of phenolic OH excluding ortho intramolecular Hbond substituents is 1. The zero-order valence-electron chi connectivity index (χ0n) is 16.6. The summed E-state index contributed by atoms with van der Waals surface area (Å²) in [4.78, 5) is 29.5. The van der Waals surface area contributed by atoms with Gasteiger partial charge in [0.1, 0.15) is 11.4 Å². The van der Waals surface area contributed by atoms with Crippen molar-refractivity contribution in [1.82, 2.24) is 9.55 Å². The minimum Gasteiger partial charge on any atom is -0.547 e. The van der Waals surface area contributed by atoms with Crippen molar-refractivity contribution in [3.63, 3.8) is 0 Å². The first-order valence-electron chi connectivity index (χ1n) is 9.73. The Morgan fingerprint density at radius 2 is 2.00 bits per heavy atom. The van der Waals surface area contributed by atoms with Crippen molar-refractivity contribution in [2.75, 3.05) is 0 Å². The summed E-state index contributed by atoms with van der Waals surface area (Å²) in [5, 5.41) is 42.9. The molecule has 3 heterocycles. The number of carbonyl (C=O) groups is 1. The van der Waals surface area contributed by atoms with Gasteiger partial charge in [-0.1, -0.05) is 13.8 Å². The number of aliphatic hydroxyl groups is 2. The van der Waals surface area contributed by atoms with E-state index in [0.29, 0.717) is 23.3 Å². The Bertz CT molecular complexity index is 1260. The second-order valence-electron chi connectivity index (χ2n) is 7.45. The summed E-state index contributed by atoms with van der Waals surface area (Å²) in [6.45, 7) is 2.91. The van der Waals surface area contributed by atoms with Crippen molar-refractivity contribution in [2.45, 2.75) is 45.4 Å². The van der Waals surface area contributed by atoms with E-state index in [4.69, 9.17) is 0 Å². The molecule has 0 amide bonds. The summed E-state index contributed by atoms with van der Waals surface area (Å²) in [5.74, 6) is -1.63. The van der Waals surface area contributed by atoms with E-state index >= 15 is 0 Å². The van der Waals surface area contributed by atoms with Crippen LogP contribution in [0.1, 0.15) is 42.5 Å². The molecule has 1 unspecified atom stereocenters. The summed E-state index contributed by atoms with van der Waals surface area (Å²) in [5.41, 5.74) is -0.111. The summed E-state index contributed by atoms with van der Waals surface area (Å²) < 4.78 is 1.43. The monoisotopic (exact) mass is 409 g/mol. The Labute approximate surface area is 171 Å². The zero-order valence-corrected chi connectivity index (χ0v) is 16.6. The standard InChI is InChI=1S/C22H22N2O6/c1-3-12-13-7-11(26)5-6-17(13)23-19-14(12)9-24-18(19)8-16(15(10-25)20(24)27)22(30,4-2)21(28)29/h5-8,25-26,30H,3-4,9-10H2,1-2H3,(H,28,29)/p-1. The van der Waals surface area contributed by atoms with E-state index in [9.17, 15) is 30.0 Å². The van der Waals surface area contributed by atoms with Crippen molar-refractivity contribution in [3.05, 3.63) is 56.9 Å². The first-order chi connectivity index (χ1) is 14.3. The number of rotatable bonds is 5. The van der Waals surface area contributed by atoms with Crippen LogP contribution >= 0.6 is 0 Å². The maximum absolute atomic E-state index is 13.1. The van der Waals surface area contributed by atoms with Gasteiger partial charge in [-0.3, -0.25) is 4.79 Å². The van der Waals surface area contributed by atoms with Crippen LogP contribution in [0.15, 0.2) is 29.1 Å². The largest absolute Gasteiger partial charge is 0.547 e.